The fourth-order valence-corrected chi connectivity index (χ4v) is 5.97. The molecule has 9 nitrogen and oxygen atoms in total. The fourth-order valence-electron chi connectivity index (χ4n) is 4.39. The molecule has 3 aromatic heterocycles. The number of benzene rings is 2. The second-order valence-electron chi connectivity index (χ2n) is 8.11. The first kappa shape index (κ1) is 20.7. The van der Waals surface area contributed by atoms with E-state index >= 15 is 0 Å². The van der Waals surface area contributed by atoms with Gasteiger partial charge in [0.15, 0.2) is 5.69 Å². The molecule has 1 aliphatic rings. The van der Waals surface area contributed by atoms with E-state index < -0.39 is 10.0 Å². The summed E-state index contributed by atoms with van der Waals surface area (Å²) in [6.45, 7) is 0.504. The molecule has 1 aliphatic heterocycles. The standard InChI is InChI=1S/C24H20N6O3S/c1-29-19-12-14-30(34(31,32)20-11-5-9-16-10-6-13-25-21(16)20)15-18(19)22(27-29)24-26-23(28-33-24)17-7-3-2-4-8-17/h2-11,13H,12,14-15H2,1H3. The lowest BCUT2D eigenvalue weighted by molar-refractivity contribution is 0.385. The van der Waals surface area contributed by atoms with Gasteiger partial charge in [0.25, 0.3) is 5.89 Å². The maximum absolute atomic E-state index is 13.7. The summed E-state index contributed by atoms with van der Waals surface area (Å²) in [5.74, 6) is 0.721. The third-order valence-corrected chi connectivity index (χ3v) is 7.96. The van der Waals surface area contributed by atoms with Crippen LogP contribution in [-0.4, -0.2) is 44.2 Å². The van der Waals surface area contributed by atoms with E-state index in [1.165, 1.54) is 4.31 Å². The van der Waals surface area contributed by atoms with E-state index in [-0.39, 0.29) is 17.3 Å². The van der Waals surface area contributed by atoms with E-state index in [1.807, 2.05) is 49.5 Å². The number of para-hydroxylation sites is 1. The molecule has 0 saturated carbocycles. The Morgan fingerprint density at radius 3 is 2.68 bits per heavy atom. The third-order valence-electron chi connectivity index (χ3n) is 6.08. The van der Waals surface area contributed by atoms with Gasteiger partial charge in [-0.05, 0) is 12.1 Å². The quantitative estimate of drug-likeness (QED) is 0.394. The van der Waals surface area contributed by atoms with Crippen molar-refractivity contribution in [3.8, 4) is 23.0 Å². The predicted octanol–water partition coefficient (Wildman–Crippen LogP) is 3.43. The summed E-state index contributed by atoms with van der Waals surface area (Å²) in [7, 11) is -1.95. The van der Waals surface area contributed by atoms with Crippen LogP contribution in [0, 0.1) is 0 Å². The zero-order valence-corrected chi connectivity index (χ0v) is 19.1. The van der Waals surface area contributed by atoms with Gasteiger partial charge in [-0.15, -0.1) is 0 Å². The summed E-state index contributed by atoms with van der Waals surface area (Å²) < 4.78 is 36.1. The van der Waals surface area contributed by atoms with Gasteiger partial charge < -0.3 is 4.52 Å². The van der Waals surface area contributed by atoms with Crippen LogP contribution in [0.15, 0.2) is 76.3 Å². The van der Waals surface area contributed by atoms with Crippen LogP contribution in [0.4, 0.5) is 0 Å². The minimum atomic E-state index is -3.79. The van der Waals surface area contributed by atoms with Gasteiger partial charge in [-0.1, -0.05) is 53.7 Å². The summed E-state index contributed by atoms with van der Waals surface area (Å²) in [6, 6.07) is 18.4. The molecule has 6 rings (SSSR count). The highest BCUT2D eigenvalue weighted by molar-refractivity contribution is 7.89. The normalized spacial score (nSPS) is 14.4. The van der Waals surface area contributed by atoms with Gasteiger partial charge in [0.2, 0.25) is 15.8 Å². The van der Waals surface area contributed by atoms with Crippen LogP contribution in [0.1, 0.15) is 11.3 Å². The number of aromatic nitrogens is 5. The topological polar surface area (TPSA) is 107 Å². The Balaban J connectivity index is 1.39. The lowest BCUT2D eigenvalue weighted by Gasteiger charge is -2.27. The average molecular weight is 473 g/mol. The Labute approximate surface area is 195 Å². The van der Waals surface area contributed by atoms with E-state index in [0.717, 1.165) is 22.2 Å². The lowest BCUT2D eigenvalue weighted by Crippen LogP contribution is -2.36. The van der Waals surface area contributed by atoms with Crippen molar-refractivity contribution in [3.05, 3.63) is 78.1 Å². The molecule has 0 spiro atoms. The van der Waals surface area contributed by atoms with Crippen molar-refractivity contribution in [3.63, 3.8) is 0 Å². The average Bonchev–Trinajstić information content (AvgIpc) is 3.49. The van der Waals surface area contributed by atoms with Crippen molar-refractivity contribution in [2.24, 2.45) is 7.05 Å². The van der Waals surface area contributed by atoms with E-state index in [0.29, 0.717) is 30.0 Å². The van der Waals surface area contributed by atoms with E-state index in [1.54, 1.807) is 29.1 Å². The van der Waals surface area contributed by atoms with Gasteiger partial charge in [0.1, 0.15) is 4.90 Å². The molecule has 0 amide bonds. The van der Waals surface area contributed by atoms with Crippen LogP contribution in [0.25, 0.3) is 33.9 Å². The molecule has 0 bridgehead atoms. The summed E-state index contributed by atoms with van der Waals surface area (Å²) in [5, 5.41) is 9.47. The highest BCUT2D eigenvalue weighted by atomic mass is 32.2. The van der Waals surface area contributed by atoms with Crippen LogP contribution < -0.4 is 0 Å². The van der Waals surface area contributed by atoms with E-state index in [4.69, 9.17) is 4.52 Å². The number of sulfonamides is 1. The zero-order valence-electron chi connectivity index (χ0n) is 18.3. The van der Waals surface area contributed by atoms with Crippen molar-refractivity contribution < 1.29 is 12.9 Å². The number of nitrogens with zero attached hydrogens (tertiary/aromatic N) is 6. The Hall–Kier alpha value is -3.89. The summed E-state index contributed by atoms with van der Waals surface area (Å²) >= 11 is 0. The molecule has 0 fully saturated rings. The van der Waals surface area contributed by atoms with Crippen LogP contribution in [0.3, 0.4) is 0 Å². The van der Waals surface area contributed by atoms with Gasteiger partial charge in [0.05, 0.1) is 5.52 Å². The van der Waals surface area contributed by atoms with Crippen molar-refractivity contribution in [1.82, 2.24) is 29.2 Å². The Morgan fingerprint density at radius 1 is 1.00 bits per heavy atom. The summed E-state index contributed by atoms with van der Waals surface area (Å²) in [4.78, 5) is 9.06. The molecule has 0 atom stereocenters. The smallest absolute Gasteiger partial charge is 0.279 e. The van der Waals surface area contributed by atoms with Crippen LogP contribution >= 0.6 is 0 Å². The number of pyridine rings is 1. The third kappa shape index (κ3) is 3.30. The lowest BCUT2D eigenvalue weighted by atomic mass is 10.1. The van der Waals surface area contributed by atoms with Crippen molar-refractivity contribution >= 4 is 20.9 Å². The SMILES string of the molecule is Cn1nc(-c2nc(-c3ccccc3)no2)c2c1CCN(S(=O)(=O)c1cccc3cccnc13)C2. The number of hydrogen-bond acceptors (Lipinski definition) is 7. The second-order valence-corrected chi connectivity index (χ2v) is 10.0. The molecule has 0 unspecified atom stereocenters. The molecular formula is C24H20N6O3S. The summed E-state index contributed by atoms with van der Waals surface area (Å²) in [6.07, 6.45) is 2.13. The monoisotopic (exact) mass is 472 g/mol. The molecule has 10 heteroatoms. The van der Waals surface area contributed by atoms with E-state index in [2.05, 4.69) is 20.2 Å². The highest BCUT2D eigenvalue weighted by Gasteiger charge is 2.34. The highest BCUT2D eigenvalue weighted by Crippen LogP contribution is 2.33. The van der Waals surface area contributed by atoms with Crippen molar-refractivity contribution in [2.45, 2.75) is 17.9 Å². The number of hydrogen-bond donors (Lipinski definition) is 0. The van der Waals surface area contributed by atoms with Crippen molar-refractivity contribution in [1.29, 1.82) is 0 Å². The number of rotatable bonds is 4. The number of aryl methyl sites for hydroxylation is 1. The van der Waals surface area contributed by atoms with E-state index in [9.17, 15) is 8.42 Å². The molecule has 0 saturated heterocycles. The summed E-state index contributed by atoms with van der Waals surface area (Å²) in [5.41, 5.74) is 3.52. The molecule has 170 valence electrons. The molecule has 4 heterocycles. The largest absolute Gasteiger partial charge is 0.332 e. The molecular weight excluding hydrogens is 452 g/mol. The molecule has 0 N–H and O–H groups in total. The maximum atomic E-state index is 13.7. The Morgan fingerprint density at radius 2 is 1.82 bits per heavy atom. The molecule has 2 aromatic carbocycles. The first-order chi connectivity index (χ1) is 16.5. The Kier molecular flexibility index (Phi) is 4.78. The fraction of sp³-hybridized carbons (Fsp3) is 0.167. The minimum absolute atomic E-state index is 0.160. The van der Waals surface area contributed by atoms with Crippen LogP contribution in [-0.2, 0) is 30.0 Å². The van der Waals surface area contributed by atoms with Gasteiger partial charge >= 0.3 is 0 Å². The second kappa shape index (κ2) is 7.86. The molecule has 34 heavy (non-hydrogen) atoms. The van der Waals surface area contributed by atoms with Gasteiger partial charge in [-0.25, -0.2) is 8.42 Å². The maximum Gasteiger partial charge on any atom is 0.279 e. The van der Waals surface area contributed by atoms with Crippen LogP contribution in [0.2, 0.25) is 0 Å². The predicted molar refractivity (Wildman–Crippen MR) is 125 cm³/mol. The van der Waals surface area contributed by atoms with Crippen molar-refractivity contribution in [2.75, 3.05) is 6.54 Å². The first-order valence-corrected chi connectivity index (χ1v) is 12.2. The van der Waals surface area contributed by atoms with Gasteiger partial charge in [-0.3, -0.25) is 9.67 Å². The number of fused-ring (bicyclic) bond motifs is 2. The first-order valence-electron chi connectivity index (χ1n) is 10.8. The molecule has 0 aliphatic carbocycles. The Bertz CT molecular complexity index is 1620. The van der Waals surface area contributed by atoms with Gasteiger partial charge in [-0.2, -0.15) is 14.4 Å². The van der Waals surface area contributed by atoms with Gasteiger partial charge in [0, 0.05) is 55.0 Å². The zero-order chi connectivity index (χ0) is 23.3. The molecule has 0 radical (unpaired) electrons. The molecule has 5 aromatic rings. The van der Waals surface area contributed by atoms with Crippen LogP contribution in [0.5, 0.6) is 0 Å². The minimum Gasteiger partial charge on any atom is -0.332 e.